The van der Waals surface area contributed by atoms with Gasteiger partial charge in [-0.3, -0.25) is 14.3 Å². The first kappa shape index (κ1) is 24.5. The summed E-state index contributed by atoms with van der Waals surface area (Å²) in [4.78, 5) is 30.4. The Hall–Kier alpha value is -5.23. The van der Waals surface area contributed by atoms with Crippen LogP contribution in [0.25, 0.3) is 32.4 Å². The molecule has 1 atom stereocenters. The van der Waals surface area contributed by atoms with Crippen LogP contribution in [0.3, 0.4) is 0 Å². The molecule has 0 aliphatic rings. The fourth-order valence-electron chi connectivity index (χ4n) is 4.51. The Kier molecular flexibility index (Phi) is 6.46. The molecule has 188 valence electrons. The zero-order valence-electron chi connectivity index (χ0n) is 21.1. The van der Waals surface area contributed by atoms with Gasteiger partial charge in [-0.15, -0.1) is 0 Å². The van der Waals surface area contributed by atoms with E-state index in [-0.39, 0.29) is 17.2 Å². The maximum absolute atomic E-state index is 14.3. The summed E-state index contributed by atoms with van der Waals surface area (Å²) in [6, 6.07) is 18.7. The number of anilines is 2. The third kappa shape index (κ3) is 4.40. The van der Waals surface area contributed by atoms with Crippen molar-refractivity contribution >= 4 is 28.2 Å². The van der Waals surface area contributed by atoms with Gasteiger partial charge in [0.1, 0.15) is 11.6 Å². The Labute approximate surface area is 219 Å². The van der Waals surface area contributed by atoms with Gasteiger partial charge in [0, 0.05) is 29.3 Å². The van der Waals surface area contributed by atoms with Crippen LogP contribution < -0.4 is 21.3 Å². The van der Waals surface area contributed by atoms with Crippen LogP contribution in [0.1, 0.15) is 24.4 Å². The molecule has 0 amide bonds. The summed E-state index contributed by atoms with van der Waals surface area (Å²) in [5.74, 6) is 1.01. The highest BCUT2D eigenvalue weighted by Crippen LogP contribution is 2.33. The van der Waals surface area contributed by atoms with Crippen molar-refractivity contribution in [2.45, 2.75) is 19.9 Å². The molecule has 0 saturated carbocycles. The second kappa shape index (κ2) is 10.0. The number of hydrogen-bond acceptors (Lipinski definition) is 7. The van der Waals surface area contributed by atoms with Gasteiger partial charge in [-0.2, -0.15) is 0 Å². The largest absolute Gasteiger partial charge is 0.495 e. The van der Waals surface area contributed by atoms with E-state index in [4.69, 9.17) is 17.0 Å². The van der Waals surface area contributed by atoms with E-state index in [1.54, 1.807) is 17.9 Å². The minimum absolute atomic E-state index is 0.0536. The van der Waals surface area contributed by atoms with Crippen LogP contribution in [0.5, 0.6) is 5.75 Å². The number of nitrogens with zero attached hydrogens (tertiary/aromatic N) is 5. The number of para-hydroxylation sites is 1. The van der Waals surface area contributed by atoms with Crippen molar-refractivity contribution in [2.75, 3.05) is 18.2 Å². The minimum atomic E-state index is -0.410. The Bertz CT molecular complexity index is 1760. The predicted molar refractivity (Wildman–Crippen MR) is 149 cm³/mol. The smallest absolute Gasteiger partial charge is 0.263 e. The summed E-state index contributed by atoms with van der Waals surface area (Å²) in [7, 11) is 1.60. The first-order valence-electron chi connectivity index (χ1n) is 11.9. The first-order chi connectivity index (χ1) is 18.4. The maximum atomic E-state index is 14.3. The molecule has 0 fully saturated rings. The zero-order chi connectivity index (χ0) is 26.8. The lowest BCUT2D eigenvalue weighted by atomic mass is 9.98. The third-order valence-electron chi connectivity index (χ3n) is 6.37. The van der Waals surface area contributed by atoms with Crippen molar-refractivity contribution in [3.8, 4) is 22.6 Å². The molecule has 9 heteroatoms. The molecular formula is C29H25N7O2. The van der Waals surface area contributed by atoms with Gasteiger partial charge in [0.15, 0.2) is 0 Å². The number of pyridine rings is 2. The molecule has 0 bridgehead atoms. The standard InChI is InChI=1S/C29H25N7O2/c1-17(34-27-23(31-3)16-33-29(30)35-27)24-13-19-9-8-12-22(20-14-25(38-4)18(2)32-15-20)26(19)28(37)36(24)21-10-6-5-7-11-21/h5-17H,1-2,4H3,(H3,30,33,34,35)/t17-/m0/s1. The van der Waals surface area contributed by atoms with Gasteiger partial charge in [0.2, 0.25) is 11.6 Å². The van der Waals surface area contributed by atoms with Crippen LogP contribution in [-0.2, 0) is 0 Å². The van der Waals surface area contributed by atoms with E-state index < -0.39 is 6.04 Å². The van der Waals surface area contributed by atoms with Gasteiger partial charge >= 0.3 is 0 Å². The van der Waals surface area contributed by atoms with Crippen LogP contribution in [0.15, 0.2) is 77.9 Å². The zero-order valence-corrected chi connectivity index (χ0v) is 21.1. The number of nitrogens with one attached hydrogen (secondary N) is 1. The van der Waals surface area contributed by atoms with Crippen LogP contribution in [0.2, 0.25) is 0 Å². The number of rotatable bonds is 6. The normalized spacial score (nSPS) is 11.6. The summed E-state index contributed by atoms with van der Waals surface area (Å²) >= 11 is 0. The average molecular weight is 504 g/mol. The van der Waals surface area contributed by atoms with Crippen LogP contribution in [0, 0.1) is 13.5 Å². The van der Waals surface area contributed by atoms with Crippen molar-refractivity contribution in [2.24, 2.45) is 0 Å². The molecule has 3 heterocycles. The molecule has 5 rings (SSSR count). The summed E-state index contributed by atoms with van der Waals surface area (Å²) in [5.41, 5.74) is 9.56. The Balaban J connectivity index is 1.75. The number of aromatic nitrogens is 4. The molecule has 0 spiro atoms. The van der Waals surface area contributed by atoms with Crippen molar-refractivity contribution in [1.29, 1.82) is 0 Å². The van der Waals surface area contributed by atoms with Gasteiger partial charge in [0.05, 0.1) is 30.8 Å². The number of nitrogen functional groups attached to an aromatic ring is 1. The molecule has 9 nitrogen and oxygen atoms in total. The van der Waals surface area contributed by atoms with E-state index in [9.17, 15) is 4.79 Å². The topological polar surface area (TPSA) is 112 Å². The average Bonchev–Trinajstić information content (AvgIpc) is 2.93. The molecule has 0 unspecified atom stereocenters. The molecule has 0 aliphatic carbocycles. The second-order valence-electron chi connectivity index (χ2n) is 8.77. The van der Waals surface area contributed by atoms with Gasteiger partial charge in [-0.25, -0.2) is 14.8 Å². The number of hydrogen-bond donors (Lipinski definition) is 2. The number of aryl methyl sites for hydroxylation is 1. The number of benzene rings is 2. The summed E-state index contributed by atoms with van der Waals surface area (Å²) in [6.07, 6.45) is 3.13. The molecule has 0 radical (unpaired) electrons. The van der Waals surface area contributed by atoms with Gasteiger partial charge < -0.3 is 15.8 Å². The van der Waals surface area contributed by atoms with E-state index in [2.05, 4.69) is 25.1 Å². The fraction of sp³-hybridized carbons (Fsp3) is 0.138. The summed E-state index contributed by atoms with van der Waals surface area (Å²) < 4.78 is 7.17. The van der Waals surface area contributed by atoms with Crippen molar-refractivity contribution in [3.63, 3.8) is 0 Å². The van der Waals surface area contributed by atoms with Crippen LogP contribution in [-0.4, -0.2) is 26.6 Å². The summed E-state index contributed by atoms with van der Waals surface area (Å²) in [5, 5.41) is 4.59. The van der Waals surface area contributed by atoms with E-state index in [1.807, 2.05) is 74.5 Å². The number of methoxy groups -OCH3 is 1. The Morgan fingerprint density at radius 2 is 1.87 bits per heavy atom. The molecule has 3 N–H and O–H groups in total. The first-order valence-corrected chi connectivity index (χ1v) is 11.9. The highest BCUT2D eigenvalue weighted by atomic mass is 16.5. The van der Waals surface area contributed by atoms with Crippen molar-refractivity contribution < 1.29 is 4.74 Å². The lowest BCUT2D eigenvalue weighted by Gasteiger charge is -2.22. The molecule has 0 aliphatic heterocycles. The van der Waals surface area contributed by atoms with Crippen molar-refractivity contribution in [1.82, 2.24) is 19.5 Å². The second-order valence-corrected chi connectivity index (χ2v) is 8.77. The third-order valence-corrected chi connectivity index (χ3v) is 6.37. The summed E-state index contributed by atoms with van der Waals surface area (Å²) in [6.45, 7) is 11.2. The number of nitrogens with two attached hydrogens (primary N) is 1. The van der Waals surface area contributed by atoms with Crippen LogP contribution >= 0.6 is 0 Å². The monoisotopic (exact) mass is 503 g/mol. The Morgan fingerprint density at radius 1 is 1.08 bits per heavy atom. The maximum Gasteiger partial charge on any atom is 0.263 e. The molecule has 3 aromatic heterocycles. The molecule has 38 heavy (non-hydrogen) atoms. The van der Waals surface area contributed by atoms with E-state index >= 15 is 0 Å². The highest BCUT2D eigenvalue weighted by molar-refractivity contribution is 5.96. The predicted octanol–water partition coefficient (Wildman–Crippen LogP) is 5.47. The lowest BCUT2D eigenvalue weighted by Crippen LogP contribution is -2.26. The van der Waals surface area contributed by atoms with Crippen LogP contribution in [0.4, 0.5) is 17.5 Å². The van der Waals surface area contributed by atoms with E-state index in [0.717, 1.165) is 22.2 Å². The minimum Gasteiger partial charge on any atom is -0.495 e. The Morgan fingerprint density at radius 3 is 2.61 bits per heavy atom. The highest BCUT2D eigenvalue weighted by Gasteiger charge is 2.20. The molecule has 2 aromatic carbocycles. The van der Waals surface area contributed by atoms with Gasteiger partial charge in [-0.05, 0) is 49.1 Å². The van der Waals surface area contributed by atoms with Gasteiger partial charge in [0.25, 0.3) is 5.56 Å². The molecule has 5 aromatic rings. The van der Waals surface area contributed by atoms with E-state index in [0.29, 0.717) is 28.3 Å². The fourth-order valence-corrected chi connectivity index (χ4v) is 4.51. The lowest BCUT2D eigenvalue weighted by molar-refractivity contribution is 0.409. The quantitative estimate of drug-likeness (QED) is 0.296. The number of ether oxygens (including phenoxy) is 1. The van der Waals surface area contributed by atoms with Crippen molar-refractivity contribution in [3.05, 3.63) is 106 Å². The molecule has 0 saturated heterocycles. The van der Waals surface area contributed by atoms with E-state index in [1.165, 1.54) is 6.20 Å². The van der Waals surface area contributed by atoms with Gasteiger partial charge in [-0.1, -0.05) is 36.4 Å². The molecular weight excluding hydrogens is 478 g/mol. The number of fused-ring (bicyclic) bond motifs is 1. The SMILES string of the molecule is [C-]#[N+]c1cnc(N)nc1N[C@@H](C)c1cc2cccc(-c3cnc(C)c(OC)c3)c2c(=O)n1-c1ccccc1.